The molecule has 0 aromatic heterocycles. The summed E-state index contributed by atoms with van der Waals surface area (Å²) >= 11 is 1.81. The van der Waals surface area contributed by atoms with E-state index >= 15 is 0 Å². The van der Waals surface area contributed by atoms with E-state index < -0.39 is 22.0 Å². The summed E-state index contributed by atoms with van der Waals surface area (Å²) in [5, 5.41) is 0. The highest BCUT2D eigenvalue weighted by Crippen LogP contribution is 2.28. The van der Waals surface area contributed by atoms with Crippen LogP contribution in [0.15, 0.2) is 53.4 Å². The number of carbonyl (C=O) groups excluding carboxylic acids is 1. The van der Waals surface area contributed by atoms with Gasteiger partial charge in [0.2, 0.25) is 10.0 Å². The van der Waals surface area contributed by atoms with Crippen molar-refractivity contribution in [2.24, 2.45) is 5.92 Å². The maximum atomic E-state index is 12.9. The molecule has 0 amide bonds. The number of benzene rings is 2. The first kappa shape index (κ1) is 21.7. The molecular weight excluding hydrogens is 410 g/mol. The zero-order valence-corrected chi connectivity index (χ0v) is 18.1. The van der Waals surface area contributed by atoms with Crippen molar-refractivity contribution < 1.29 is 22.7 Å². The molecular formula is C21H25NO5S2. The van der Waals surface area contributed by atoms with E-state index in [2.05, 4.69) is 4.72 Å². The molecule has 3 rings (SSSR count). The number of ether oxygens (including phenoxy) is 2. The van der Waals surface area contributed by atoms with Crippen LogP contribution in [0.2, 0.25) is 0 Å². The Labute approximate surface area is 176 Å². The van der Waals surface area contributed by atoms with Crippen LogP contribution in [0.1, 0.15) is 12.8 Å². The van der Waals surface area contributed by atoms with Crippen molar-refractivity contribution in [1.29, 1.82) is 0 Å². The van der Waals surface area contributed by atoms with E-state index in [0.717, 1.165) is 41.2 Å². The average molecular weight is 436 g/mol. The maximum Gasteiger partial charge on any atom is 0.324 e. The van der Waals surface area contributed by atoms with Gasteiger partial charge in [-0.05, 0) is 65.7 Å². The number of hydrogen-bond acceptors (Lipinski definition) is 6. The Kier molecular flexibility index (Phi) is 7.21. The summed E-state index contributed by atoms with van der Waals surface area (Å²) in [5.41, 5.74) is 1.84. The number of hydrogen-bond donors (Lipinski definition) is 1. The Balaban J connectivity index is 1.79. The van der Waals surface area contributed by atoms with Gasteiger partial charge in [-0.3, -0.25) is 4.79 Å². The van der Waals surface area contributed by atoms with Crippen LogP contribution in [0.5, 0.6) is 5.75 Å². The Bertz CT molecular complexity index is 921. The van der Waals surface area contributed by atoms with E-state index in [9.17, 15) is 13.2 Å². The van der Waals surface area contributed by atoms with Gasteiger partial charge in [-0.1, -0.05) is 24.3 Å². The highest BCUT2D eigenvalue weighted by atomic mass is 32.2. The van der Waals surface area contributed by atoms with Gasteiger partial charge in [0.1, 0.15) is 11.8 Å². The molecule has 1 unspecified atom stereocenters. The standard InChI is InChI=1S/C21H25NO5S2/c1-26-18-7-3-15(4-8-18)16-5-9-19(10-6-16)29(24,25)22-20(21(23)27-2)17-11-13-28-14-12-17/h3-10,17,20,22H,11-14H2,1-2H3. The Morgan fingerprint density at radius 1 is 1.00 bits per heavy atom. The zero-order chi connectivity index (χ0) is 20.9. The number of esters is 1. The third-order valence-corrected chi connectivity index (χ3v) is 7.57. The fourth-order valence-corrected chi connectivity index (χ4v) is 5.75. The Morgan fingerprint density at radius 3 is 2.07 bits per heavy atom. The van der Waals surface area contributed by atoms with Crippen LogP contribution in [-0.4, -0.2) is 46.2 Å². The highest BCUT2D eigenvalue weighted by Gasteiger charge is 2.34. The Hall–Kier alpha value is -2.03. The van der Waals surface area contributed by atoms with Crippen LogP contribution in [-0.2, 0) is 19.6 Å². The molecule has 156 valence electrons. The number of carbonyl (C=O) groups is 1. The summed E-state index contributed by atoms with van der Waals surface area (Å²) in [4.78, 5) is 12.4. The summed E-state index contributed by atoms with van der Waals surface area (Å²) in [7, 11) is -0.962. The molecule has 1 N–H and O–H groups in total. The van der Waals surface area contributed by atoms with Crippen molar-refractivity contribution in [2.75, 3.05) is 25.7 Å². The van der Waals surface area contributed by atoms with E-state index in [1.807, 2.05) is 36.0 Å². The van der Waals surface area contributed by atoms with Crippen LogP contribution in [0.3, 0.4) is 0 Å². The van der Waals surface area contributed by atoms with E-state index in [0.29, 0.717) is 0 Å². The molecule has 6 nitrogen and oxygen atoms in total. The van der Waals surface area contributed by atoms with Crippen LogP contribution >= 0.6 is 11.8 Å². The molecule has 1 heterocycles. The monoisotopic (exact) mass is 435 g/mol. The molecule has 0 spiro atoms. The van der Waals surface area contributed by atoms with Gasteiger partial charge in [0.25, 0.3) is 0 Å². The molecule has 1 atom stereocenters. The minimum absolute atomic E-state index is 0.0583. The molecule has 0 saturated carbocycles. The molecule has 1 fully saturated rings. The average Bonchev–Trinajstić information content (AvgIpc) is 2.77. The Morgan fingerprint density at radius 2 is 1.55 bits per heavy atom. The quantitative estimate of drug-likeness (QED) is 0.672. The summed E-state index contributed by atoms with van der Waals surface area (Å²) < 4.78 is 38.4. The molecule has 2 aromatic carbocycles. The van der Waals surface area contributed by atoms with Gasteiger partial charge >= 0.3 is 5.97 Å². The number of nitrogens with one attached hydrogen (secondary N) is 1. The topological polar surface area (TPSA) is 81.7 Å². The summed E-state index contributed by atoms with van der Waals surface area (Å²) in [6.07, 6.45) is 1.56. The third kappa shape index (κ3) is 5.32. The van der Waals surface area contributed by atoms with Crippen molar-refractivity contribution in [3.63, 3.8) is 0 Å². The molecule has 0 bridgehead atoms. The van der Waals surface area contributed by atoms with Crippen molar-refractivity contribution >= 4 is 27.8 Å². The normalized spacial score (nSPS) is 16.2. The van der Waals surface area contributed by atoms with Crippen molar-refractivity contribution in [2.45, 2.75) is 23.8 Å². The molecule has 1 saturated heterocycles. The van der Waals surface area contributed by atoms with Gasteiger partial charge in [0.05, 0.1) is 19.1 Å². The smallest absolute Gasteiger partial charge is 0.324 e. The van der Waals surface area contributed by atoms with Crippen molar-refractivity contribution in [1.82, 2.24) is 4.72 Å². The molecule has 2 aromatic rings. The maximum absolute atomic E-state index is 12.9. The first-order chi connectivity index (χ1) is 13.9. The predicted octanol–water partition coefficient (Wildman–Crippen LogP) is 3.33. The van der Waals surface area contributed by atoms with Gasteiger partial charge in [0.15, 0.2) is 0 Å². The van der Waals surface area contributed by atoms with E-state index in [4.69, 9.17) is 9.47 Å². The van der Waals surface area contributed by atoms with Gasteiger partial charge in [-0.25, -0.2) is 8.42 Å². The molecule has 0 aliphatic carbocycles. The largest absolute Gasteiger partial charge is 0.497 e. The van der Waals surface area contributed by atoms with Gasteiger partial charge in [0, 0.05) is 0 Å². The molecule has 0 radical (unpaired) electrons. The minimum atomic E-state index is -3.85. The summed E-state index contributed by atoms with van der Waals surface area (Å²) in [5.74, 6) is 1.98. The van der Waals surface area contributed by atoms with E-state index in [1.165, 1.54) is 7.11 Å². The van der Waals surface area contributed by atoms with Gasteiger partial charge in [-0.15, -0.1) is 0 Å². The van der Waals surface area contributed by atoms with E-state index in [-0.39, 0.29) is 10.8 Å². The fourth-order valence-electron chi connectivity index (χ4n) is 3.36. The number of methoxy groups -OCH3 is 2. The third-order valence-electron chi connectivity index (χ3n) is 5.06. The lowest BCUT2D eigenvalue weighted by Crippen LogP contribution is -2.47. The minimum Gasteiger partial charge on any atom is -0.497 e. The summed E-state index contributed by atoms with van der Waals surface area (Å²) in [6, 6.07) is 13.3. The van der Waals surface area contributed by atoms with Crippen LogP contribution < -0.4 is 9.46 Å². The zero-order valence-electron chi connectivity index (χ0n) is 16.5. The second kappa shape index (κ2) is 9.65. The van der Waals surface area contributed by atoms with Crippen LogP contribution in [0.25, 0.3) is 11.1 Å². The summed E-state index contributed by atoms with van der Waals surface area (Å²) in [6.45, 7) is 0. The second-order valence-electron chi connectivity index (χ2n) is 6.82. The van der Waals surface area contributed by atoms with Gasteiger partial charge < -0.3 is 9.47 Å². The predicted molar refractivity (Wildman–Crippen MR) is 115 cm³/mol. The SMILES string of the molecule is COC(=O)C(NS(=O)(=O)c1ccc(-c2ccc(OC)cc2)cc1)C1CCSCC1. The highest BCUT2D eigenvalue weighted by molar-refractivity contribution is 7.99. The number of sulfonamides is 1. The lowest BCUT2D eigenvalue weighted by molar-refractivity contribution is -0.144. The molecule has 8 heteroatoms. The molecule has 1 aliphatic rings. The lowest BCUT2D eigenvalue weighted by atomic mass is 9.94. The van der Waals surface area contributed by atoms with Crippen LogP contribution in [0, 0.1) is 5.92 Å². The first-order valence-electron chi connectivity index (χ1n) is 9.37. The van der Waals surface area contributed by atoms with Crippen molar-refractivity contribution in [3.8, 4) is 16.9 Å². The fraction of sp³-hybridized carbons (Fsp3) is 0.381. The van der Waals surface area contributed by atoms with Crippen molar-refractivity contribution in [3.05, 3.63) is 48.5 Å². The first-order valence-corrected chi connectivity index (χ1v) is 12.0. The van der Waals surface area contributed by atoms with Gasteiger partial charge in [-0.2, -0.15) is 16.5 Å². The second-order valence-corrected chi connectivity index (χ2v) is 9.76. The number of thioether (sulfide) groups is 1. The lowest BCUT2D eigenvalue weighted by Gasteiger charge is -2.28. The van der Waals surface area contributed by atoms with Crippen LogP contribution in [0.4, 0.5) is 0 Å². The van der Waals surface area contributed by atoms with E-state index in [1.54, 1.807) is 31.4 Å². The molecule has 1 aliphatic heterocycles. The molecule has 29 heavy (non-hydrogen) atoms. The number of rotatable bonds is 7.